The molecule has 0 aliphatic heterocycles. The maximum absolute atomic E-state index is 4.77. The van der Waals surface area contributed by atoms with E-state index in [0.29, 0.717) is 6.04 Å². The van der Waals surface area contributed by atoms with Crippen LogP contribution in [0.2, 0.25) is 0 Å². The fourth-order valence-corrected chi connectivity index (χ4v) is 2.63. The van der Waals surface area contributed by atoms with Gasteiger partial charge in [-0.25, -0.2) is 0 Å². The van der Waals surface area contributed by atoms with Crippen LogP contribution in [0.5, 0.6) is 0 Å². The molecule has 1 aromatic carbocycles. The summed E-state index contributed by atoms with van der Waals surface area (Å²) in [5, 5.41) is 9.21. The van der Waals surface area contributed by atoms with E-state index in [2.05, 4.69) is 33.3 Å². The lowest BCUT2D eigenvalue weighted by Crippen LogP contribution is -1.94. The molecule has 3 aromatic rings. The van der Waals surface area contributed by atoms with Crippen LogP contribution in [0.25, 0.3) is 22.0 Å². The second-order valence-electron chi connectivity index (χ2n) is 5.25. The predicted molar refractivity (Wildman–Crippen MR) is 80.8 cm³/mol. The first-order valence-corrected chi connectivity index (χ1v) is 6.97. The molecule has 1 saturated carbocycles. The normalized spacial score (nSPS) is 14.7. The summed E-state index contributed by atoms with van der Waals surface area (Å²) in [6.07, 6.45) is 8.33. The van der Waals surface area contributed by atoms with Crippen LogP contribution < -0.4 is 5.32 Å². The minimum Gasteiger partial charge on any atom is -0.386 e. The van der Waals surface area contributed by atoms with Gasteiger partial charge in [0, 0.05) is 31.0 Å². The van der Waals surface area contributed by atoms with Crippen LogP contribution >= 0.6 is 0 Å². The molecule has 2 aromatic heterocycles. The van der Waals surface area contributed by atoms with E-state index in [9.17, 15) is 0 Å². The minimum absolute atomic E-state index is 0.595. The third-order valence-electron chi connectivity index (χ3n) is 3.88. The molecule has 0 unspecified atom stereocenters. The van der Waals surface area contributed by atoms with E-state index in [1.54, 1.807) is 0 Å². The second-order valence-corrected chi connectivity index (χ2v) is 5.25. The van der Waals surface area contributed by atoms with Crippen molar-refractivity contribution in [2.24, 2.45) is 0 Å². The smallest absolute Gasteiger partial charge is 0.116 e. The van der Waals surface area contributed by atoms with Gasteiger partial charge in [-0.15, -0.1) is 0 Å². The standard InChI is InChI=1S/C16H16N4/c1-17-15-5-4-13(11-6-8-18-9-7-11)14-10-20(12-2-3-12)19-16(14)15/h4-10,12,17H,2-3H2,1H3. The summed E-state index contributed by atoms with van der Waals surface area (Å²) in [7, 11) is 1.94. The highest BCUT2D eigenvalue weighted by Crippen LogP contribution is 2.38. The number of nitrogens with one attached hydrogen (secondary N) is 1. The van der Waals surface area contributed by atoms with Gasteiger partial charge in [-0.05, 0) is 42.2 Å². The van der Waals surface area contributed by atoms with Crippen LogP contribution in [0.3, 0.4) is 0 Å². The molecular weight excluding hydrogens is 248 g/mol. The number of aromatic nitrogens is 3. The zero-order valence-electron chi connectivity index (χ0n) is 11.4. The molecule has 0 atom stereocenters. The Morgan fingerprint density at radius 3 is 2.65 bits per heavy atom. The van der Waals surface area contributed by atoms with Crippen molar-refractivity contribution in [3.63, 3.8) is 0 Å². The molecule has 4 rings (SSSR count). The van der Waals surface area contributed by atoms with Crippen molar-refractivity contribution in [1.82, 2.24) is 14.8 Å². The molecule has 0 saturated heterocycles. The van der Waals surface area contributed by atoms with E-state index in [1.807, 2.05) is 31.6 Å². The van der Waals surface area contributed by atoms with Crippen LogP contribution in [0.4, 0.5) is 5.69 Å². The molecule has 1 aliphatic carbocycles. The topological polar surface area (TPSA) is 42.7 Å². The number of fused-ring (bicyclic) bond motifs is 1. The first kappa shape index (κ1) is 11.5. The van der Waals surface area contributed by atoms with Gasteiger partial charge in [0.05, 0.1) is 11.7 Å². The van der Waals surface area contributed by atoms with Crippen molar-refractivity contribution in [1.29, 1.82) is 0 Å². The summed E-state index contributed by atoms with van der Waals surface area (Å²) in [6, 6.07) is 8.94. The van der Waals surface area contributed by atoms with Gasteiger partial charge >= 0.3 is 0 Å². The van der Waals surface area contributed by atoms with E-state index < -0.39 is 0 Å². The van der Waals surface area contributed by atoms with Gasteiger partial charge in [0.1, 0.15) is 5.52 Å². The largest absolute Gasteiger partial charge is 0.386 e. The van der Waals surface area contributed by atoms with Crippen molar-refractivity contribution in [2.45, 2.75) is 18.9 Å². The Labute approximate surface area is 117 Å². The van der Waals surface area contributed by atoms with Gasteiger partial charge in [0.2, 0.25) is 0 Å². The number of hydrogen-bond donors (Lipinski definition) is 1. The van der Waals surface area contributed by atoms with Gasteiger partial charge in [0.25, 0.3) is 0 Å². The number of anilines is 1. The zero-order valence-corrected chi connectivity index (χ0v) is 11.4. The van der Waals surface area contributed by atoms with Gasteiger partial charge < -0.3 is 5.32 Å². The average Bonchev–Trinajstić information content (AvgIpc) is 3.26. The third kappa shape index (κ3) is 1.76. The summed E-state index contributed by atoms with van der Waals surface area (Å²) in [5.41, 5.74) is 4.53. The molecule has 0 spiro atoms. The minimum atomic E-state index is 0.595. The third-order valence-corrected chi connectivity index (χ3v) is 3.88. The lowest BCUT2D eigenvalue weighted by atomic mass is 10.0. The Balaban J connectivity index is 1.97. The highest BCUT2D eigenvalue weighted by molar-refractivity contribution is 6.00. The van der Waals surface area contributed by atoms with Gasteiger partial charge in [0.15, 0.2) is 0 Å². The Morgan fingerprint density at radius 1 is 1.15 bits per heavy atom. The second kappa shape index (κ2) is 4.34. The van der Waals surface area contributed by atoms with Gasteiger partial charge in [-0.3, -0.25) is 9.67 Å². The van der Waals surface area contributed by atoms with E-state index in [0.717, 1.165) is 11.2 Å². The Morgan fingerprint density at radius 2 is 1.95 bits per heavy atom. The van der Waals surface area contributed by atoms with Crippen LogP contribution in [-0.4, -0.2) is 21.8 Å². The quantitative estimate of drug-likeness (QED) is 0.787. The van der Waals surface area contributed by atoms with Gasteiger partial charge in [-0.1, -0.05) is 6.07 Å². The Bertz CT molecular complexity index is 757. The van der Waals surface area contributed by atoms with Crippen molar-refractivity contribution in [3.05, 3.63) is 42.9 Å². The van der Waals surface area contributed by atoms with Crippen LogP contribution in [-0.2, 0) is 0 Å². The van der Waals surface area contributed by atoms with Crippen LogP contribution in [0.1, 0.15) is 18.9 Å². The molecule has 0 amide bonds. The average molecular weight is 264 g/mol. The molecule has 1 N–H and O–H groups in total. The number of hydrogen-bond acceptors (Lipinski definition) is 3. The lowest BCUT2D eigenvalue weighted by molar-refractivity contribution is 0.649. The summed E-state index contributed by atoms with van der Waals surface area (Å²) in [5.74, 6) is 0. The lowest BCUT2D eigenvalue weighted by Gasteiger charge is -2.06. The summed E-state index contributed by atoms with van der Waals surface area (Å²) >= 11 is 0. The Hall–Kier alpha value is -2.36. The molecule has 2 heterocycles. The molecule has 100 valence electrons. The fourth-order valence-electron chi connectivity index (χ4n) is 2.63. The molecule has 1 aliphatic rings. The van der Waals surface area contributed by atoms with E-state index in [-0.39, 0.29) is 0 Å². The first-order chi connectivity index (χ1) is 9.86. The molecule has 4 nitrogen and oxygen atoms in total. The number of pyridine rings is 1. The first-order valence-electron chi connectivity index (χ1n) is 6.97. The molecule has 4 heteroatoms. The predicted octanol–water partition coefficient (Wildman–Crippen LogP) is 3.47. The maximum Gasteiger partial charge on any atom is 0.116 e. The SMILES string of the molecule is CNc1ccc(-c2ccncc2)c2cn(C3CC3)nc12. The molecular formula is C16H16N4. The van der Waals surface area contributed by atoms with E-state index in [4.69, 9.17) is 5.10 Å². The number of nitrogens with zero attached hydrogens (tertiary/aromatic N) is 3. The number of rotatable bonds is 3. The highest BCUT2D eigenvalue weighted by atomic mass is 15.3. The maximum atomic E-state index is 4.77. The van der Waals surface area contributed by atoms with Crippen molar-refractivity contribution < 1.29 is 0 Å². The summed E-state index contributed by atoms with van der Waals surface area (Å²) in [4.78, 5) is 4.09. The number of benzene rings is 1. The van der Waals surface area contributed by atoms with Crippen molar-refractivity contribution in [3.8, 4) is 11.1 Å². The van der Waals surface area contributed by atoms with E-state index in [1.165, 1.54) is 29.4 Å². The van der Waals surface area contributed by atoms with E-state index >= 15 is 0 Å². The summed E-state index contributed by atoms with van der Waals surface area (Å²) in [6.45, 7) is 0. The van der Waals surface area contributed by atoms with Crippen LogP contribution in [0, 0.1) is 0 Å². The fraction of sp³-hybridized carbons (Fsp3) is 0.250. The molecule has 0 radical (unpaired) electrons. The van der Waals surface area contributed by atoms with Crippen molar-refractivity contribution >= 4 is 16.6 Å². The van der Waals surface area contributed by atoms with Gasteiger partial charge in [-0.2, -0.15) is 5.10 Å². The zero-order chi connectivity index (χ0) is 13.5. The van der Waals surface area contributed by atoms with Crippen molar-refractivity contribution in [2.75, 3.05) is 12.4 Å². The molecule has 0 bridgehead atoms. The monoisotopic (exact) mass is 264 g/mol. The van der Waals surface area contributed by atoms with Crippen LogP contribution in [0.15, 0.2) is 42.9 Å². The highest BCUT2D eigenvalue weighted by Gasteiger charge is 2.25. The Kier molecular flexibility index (Phi) is 2.49. The molecule has 1 fully saturated rings. The summed E-state index contributed by atoms with van der Waals surface area (Å²) < 4.78 is 2.12. The molecule has 20 heavy (non-hydrogen) atoms.